The van der Waals surface area contributed by atoms with Crippen LogP contribution < -0.4 is 10.7 Å². The van der Waals surface area contributed by atoms with E-state index < -0.39 is 0 Å². The van der Waals surface area contributed by atoms with E-state index in [0.717, 1.165) is 23.4 Å². The molecule has 0 fully saturated rings. The third-order valence-electron chi connectivity index (χ3n) is 3.30. The second-order valence-corrected chi connectivity index (χ2v) is 6.42. The van der Waals surface area contributed by atoms with Crippen LogP contribution in [0.2, 0.25) is 15.1 Å². The topological polar surface area (TPSA) is 41.6 Å². The third kappa shape index (κ3) is 4.54. The Bertz CT molecular complexity index is 729. The third-order valence-corrected chi connectivity index (χ3v) is 4.09. The molecule has 0 aliphatic heterocycles. The molecule has 0 saturated carbocycles. The maximum atomic E-state index is 6.30. The fraction of sp³-hybridized carbons (Fsp3) is 0.235. The van der Waals surface area contributed by atoms with Crippen LogP contribution in [0, 0.1) is 0 Å². The maximum Gasteiger partial charge on any atom is 0.0795 e. The number of benzene rings is 2. The van der Waals surface area contributed by atoms with Gasteiger partial charge in [0.2, 0.25) is 0 Å². The van der Waals surface area contributed by atoms with Crippen LogP contribution in [-0.4, -0.2) is 12.3 Å². The van der Waals surface area contributed by atoms with Crippen LogP contribution in [0.3, 0.4) is 0 Å². The number of hydrogen-bond acceptors (Lipinski definition) is 3. The van der Waals surface area contributed by atoms with E-state index in [4.69, 9.17) is 40.5 Å². The Labute approximate surface area is 151 Å². The number of halogens is 3. The molecule has 0 atom stereocenters. The Morgan fingerprint density at radius 3 is 2.43 bits per heavy atom. The molecule has 3 nitrogen and oxygen atoms in total. The lowest BCUT2D eigenvalue weighted by Crippen LogP contribution is -2.20. The highest BCUT2D eigenvalue weighted by Gasteiger charge is 2.12. The number of nitrogens with two attached hydrogens (primary N) is 1. The largest absolute Gasteiger partial charge is 0.398 e. The van der Waals surface area contributed by atoms with Crippen LogP contribution in [0.1, 0.15) is 25.8 Å². The summed E-state index contributed by atoms with van der Waals surface area (Å²) in [7, 11) is 0. The maximum absolute atomic E-state index is 6.30. The predicted octanol–water partition coefficient (Wildman–Crippen LogP) is 5.87. The van der Waals surface area contributed by atoms with Crippen molar-refractivity contribution in [2.24, 2.45) is 5.10 Å². The van der Waals surface area contributed by atoms with Crippen molar-refractivity contribution in [3.63, 3.8) is 0 Å². The normalized spacial score (nSPS) is 11.6. The first kappa shape index (κ1) is 17.9. The molecule has 0 radical (unpaired) electrons. The molecule has 2 rings (SSSR count). The molecule has 2 N–H and O–H groups in total. The second kappa shape index (κ2) is 7.91. The van der Waals surface area contributed by atoms with Gasteiger partial charge in [0.05, 0.1) is 16.4 Å². The first-order valence-electron chi connectivity index (χ1n) is 7.25. The van der Waals surface area contributed by atoms with Crippen LogP contribution in [0.4, 0.5) is 11.4 Å². The summed E-state index contributed by atoms with van der Waals surface area (Å²) in [5.41, 5.74) is 8.98. The fourth-order valence-electron chi connectivity index (χ4n) is 2.20. The van der Waals surface area contributed by atoms with Gasteiger partial charge in [-0.1, -0.05) is 41.7 Å². The van der Waals surface area contributed by atoms with Crippen molar-refractivity contribution < 1.29 is 0 Å². The Hall–Kier alpha value is -1.42. The van der Waals surface area contributed by atoms with Crippen LogP contribution in [0.25, 0.3) is 0 Å². The minimum atomic E-state index is 0.596. The van der Waals surface area contributed by atoms with Gasteiger partial charge in [-0.15, -0.1) is 0 Å². The van der Waals surface area contributed by atoms with E-state index in [9.17, 15) is 0 Å². The van der Waals surface area contributed by atoms with Gasteiger partial charge >= 0.3 is 0 Å². The van der Waals surface area contributed by atoms with Crippen molar-refractivity contribution in [2.75, 3.05) is 17.3 Å². The highest BCUT2D eigenvalue weighted by Crippen LogP contribution is 2.30. The predicted molar refractivity (Wildman–Crippen MR) is 102 cm³/mol. The van der Waals surface area contributed by atoms with Gasteiger partial charge in [0, 0.05) is 27.8 Å². The highest BCUT2D eigenvalue weighted by molar-refractivity contribution is 6.35. The SMILES string of the molecule is CCCN(/N=C(\C)c1cc(Cl)ccc1N)c1cc(Cl)ccc1Cl. The summed E-state index contributed by atoms with van der Waals surface area (Å²) >= 11 is 18.4. The second-order valence-electron chi connectivity index (χ2n) is 5.14. The fourth-order valence-corrected chi connectivity index (χ4v) is 2.75. The van der Waals surface area contributed by atoms with Gasteiger partial charge in [0.25, 0.3) is 0 Å². The van der Waals surface area contributed by atoms with Crippen molar-refractivity contribution in [3.8, 4) is 0 Å². The van der Waals surface area contributed by atoms with E-state index in [-0.39, 0.29) is 0 Å². The number of anilines is 2. The molecule has 23 heavy (non-hydrogen) atoms. The summed E-state index contributed by atoms with van der Waals surface area (Å²) in [4.78, 5) is 0. The average molecular weight is 371 g/mol. The standard InChI is InChI=1S/C17H18Cl3N3/c1-3-8-23(17-10-13(19)4-6-15(17)20)22-11(2)14-9-12(18)5-7-16(14)21/h4-7,9-10H,3,8,21H2,1-2H3/b22-11+. The van der Waals surface area contributed by atoms with Crippen LogP contribution in [0.15, 0.2) is 41.5 Å². The van der Waals surface area contributed by atoms with E-state index in [0.29, 0.717) is 27.3 Å². The zero-order valence-corrected chi connectivity index (χ0v) is 15.3. The molecule has 0 unspecified atom stereocenters. The number of hydrazone groups is 1. The smallest absolute Gasteiger partial charge is 0.0795 e. The van der Waals surface area contributed by atoms with E-state index >= 15 is 0 Å². The van der Waals surface area contributed by atoms with Crippen molar-refractivity contribution in [3.05, 3.63) is 57.0 Å². The summed E-state index contributed by atoms with van der Waals surface area (Å²) in [6, 6.07) is 10.7. The molecular weight excluding hydrogens is 353 g/mol. The molecule has 0 amide bonds. The van der Waals surface area contributed by atoms with Crippen LogP contribution >= 0.6 is 34.8 Å². The Morgan fingerprint density at radius 2 is 1.74 bits per heavy atom. The molecular formula is C17H18Cl3N3. The van der Waals surface area contributed by atoms with Crippen molar-refractivity contribution in [2.45, 2.75) is 20.3 Å². The van der Waals surface area contributed by atoms with Crippen LogP contribution in [-0.2, 0) is 0 Å². The highest BCUT2D eigenvalue weighted by atomic mass is 35.5. The van der Waals surface area contributed by atoms with Crippen LogP contribution in [0.5, 0.6) is 0 Å². The van der Waals surface area contributed by atoms with Crippen molar-refractivity contribution in [1.29, 1.82) is 0 Å². The first-order chi connectivity index (χ1) is 10.9. The van der Waals surface area contributed by atoms with Gasteiger partial charge in [-0.05, 0) is 49.7 Å². The molecule has 2 aromatic carbocycles. The van der Waals surface area contributed by atoms with Gasteiger partial charge in [0.1, 0.15) is 0 Å². The molecule has 0 spiro atoms. The average Bonchev–Trinajstić information content (AvgIpc) is 2.51. The van der Waals surface area contributed by atoms with E-state index in [1.807, 2.05) is 11.9 Å². The molecule has 6 heteroatoms. The van der Waals surface area contributed by atoms with E-state index in [1.165, 1.54) is 0 Å². The number of hydrogen-bond donors (Lipinski definition) is 1. The molecule has 0 aliphatic carbocycles. The lowest BCUT2D eigenvalue weighted by atomic mass is 10.1. The van der Waals surface area contributed by atoms with Gasteiger partial charge in [-0.2, -0.15) is 5.10 Å². The van der Waals surface area contributed by atoms with Gasteiger partial charge in [0.15, 0.2) is 0 Å². The summed E-state index contributed by atoms with van der Waals surface area (Å²) in [5, 5.41) is 8.34. The minimum Gasteiger partial charge on any atom is -0.398 e. The lowest BCUT2D eigenvalue weighted by Gasteiger charge is -2.21. The summed E-state index contributed by atoms with van der Waals surface area (Å²) in [6.45, 7) is 4.67. The molecule has 0 aliphatic rings. The Balaban J connectivity index is 2.45. The first-order valence-corrected chi connectivity index (χ1v) is 8.39. The van der Waals surface area contributed by atoms with Crippen molar-refractivity contribution >= 4 is 51.9 Å². The Morgan fingerprint density at radius 1 is 1.09 bits per heavy atom. The zero-order valence-electron chi connectivity index (χ0n) is 13.0. The molecule has 0 heterocycles. The van der Waals surface area contributed by atoms with Gasteiger partial charge in [-0.25, -0.2) is 0 Å². The molecule has 0 aromatic heterocycles. The zero-order chi connectivity index (χ0) is 17.0. The van der Waals surface area contributed by atoms with E-state index in [2.05, 4.69) is 12.0 Å². The number of nitrogens with zero attached hydrogens (tertiary/aromatic N) is 2. The van der Waals surface area contributed by atoms with Gasteiger partial charge in [-0.3, -0.25) is 5.01 Å². The summed E-state index contributed by atoms with van der Waals surface area (Å²) in [5.74, 6) is 0. The van der Waals surface area contributed by atoms with Gasteiger partial charge < -0.3 is 5.73 Å². The minimum absolute atomic E-state index is 0.596. The number of nitrogen functional groups attached to an aromatic ring is 1. The monoisotopic (exact) mass is 369 g/mol. The molecule has 0 saturated heterocycles. The quantitative estimate of drug-likeness (QED) is 0.406. The van der Waals surface area contributed by atoms with E-state index in [1.54, 1.807) is 36.4 Å². The molecule has 2 aromatic rings. The summed E-state index contributed by atoms with van der Waals surface area (Å²) < 4.78 is 0. The lowest BCUT2D eigenvalue weighted by molar-refractivity contribution is 0.806. The Kier molecular flexibility index (Phi) is 6.17. The molecule has 0 bridgehead atoms. The summed E-state index contributed by atoms with van der Waals surface area (Å²) in [6.07, 6.45) is 0.907. The van der Waals surface area contributed by atoms with Crippen molar-refractivity contribution in [1.82, 2.24) is 0 Å². The molecule has 122 valence electrons. The number of rotatable bonds is 5.